The number of aromatic hydroxyl groups is 1. The number of nitrogens with zero attached hydrogens (tertiary/aromatic N) is 1. The van der Waals surface area contributed by atoms with Crippen molar-refractivity contribution in [3.63, 3.8) is 0 Å². The summed E-state index contributed by atoms with van der Waals surface area (Å²) in [6.45, 7) is 2.46. The molecule has 0 aliphatic carbocycles. The number of carboxylic acids is 1. The predicted octanol–water partition coefficient (Wildman–Crippen LogP) is 1.45. The van der Waals surface area contributed by atoms with Crippen LogP contribution in [0.4, 0.5) is 0 Å². The van der Waals surface area contributed by atoms with E-state index in [-0.39, 0.29) is 18.3 Å². The third-order valence-corrected chi connectivity index (χ3v) is 3.94. The van der Waals surface area contributed by atoms with Crippen LogP contribution in [0.1, 0.15) is 37.4 Å². The van der Waals surface area contributed by atoms with Gasteiger partial charge in [-0.1, -0.05) is 12.5 Å². The number of carbonyl (C=O) groups is 1. The Hall–Kier alpha value is -1.83. The minimum atomic E-state index is -0.724. The summed E-state index contributed by atoms with van der Waals surface area (Å²) in [6.07, 6.45) is 2.93. The van der Waals surface area contributed by atoms with Crippen LogP contribution in [0.2, 0.25) is 0 Å². The van der Waals surface area contributed by atoms with Gasteiger partial charge in [-0.15, -0.1) is 0 Å². The molecule has 128 valence electrons. The van der Waals surface area contributed by atoms with Gasteiger partial charge >= 0.3 is 5.97 Å². The molecule has 0 spiro atoms. The number of unbranched alkanes of at least 4 members (excludes halogenated alkanes) is 2. The van der Waals surface area contributed by atoms with Crippen LogP contribution in [0, 0.1) is 0 Å². The lowest BCUT2D eigenvalue weighted by molar-refractivity contribution is -0.137. The Morgan fingerprint density at radius 1 is 1.30 bits per heavy atom. The summed E-state index contributed by atoms with van der Waals surface area (Å²) in [5, 5.41) is 25.0. The number of phenols is 1. The first-order chi connectivity index (χ1) is 11.1. The number of ether oxygens (including phenoxy) is 1. The smallest absolute Gasteiger partial charge is 0.303 e. The molecule has 1 aromatic carbocycles. The lowest BCUT2D eigenvalue weighted by Gasteiger charge is -2.34. The second kappa shape index (κ2) is 8.71. The van der Waals surface area contributed by atoms with E-state index in [1.807, 2.05) is 12.1 Å². The van der Waals surface area contributed by atoms with Gasteiger partial charge in [0.15, 0.2) is 11.5 Å². The average molecular weight is 323 g/mol. The second-order valence-electron chi connectivity index (χ2n) is 5.69. The first-order valence-electron chi connectivity index (χ1n) is 7.88. The number of hydrogen-bond donors (Lipinski definition) is 4. The van der Waals surface area contributed by atoms with Gasteiger partial charge in [0.25, 0.3) is 0 Å². The Labute approximate surface area is 136 Å². The summed E-state index contributed by atoms with van der Waals surface area (Å²) in [5.74, 6) is -0.125. The van der Waals surface area contributed by atoms with Crippen molar-refractivity contribution in [1.29, 1.82) is 0 Å². The molecule has 0 unspecified atom stereocenters. The van der Waals surface area contributed by atoms with Gasteiger partial charge < -0.3 is 14.9 Å². The van der Waals surface area contributed by atoms with Crippen molar-refractivity contribution in [2.45, 2.75) is 31.8 Å². The predicted molar refractivity (Wildman–Crippen MR) is 86.2 cm³/mol. The highest BCUT2D eigenvalue weighted by Gasteiger charge is 2.19. The van der Waals surface area contributed by atoms with Crippen molar-refractivity contribution in [3.8, 4) is 11.5 Å². The number of aliphatic carboxylic acids is 1. The number of methoxy groups -OCH3 is 1. The summed E-state index contributed by atoms with van der Waals surface area (Å²) >= 11 is 0. The SMILES string of the molecule is COc1cc(C2NCN(CCCCCC(=O)O)CN2)ccc1O. The van der Waals surface area contributed by atoms with Crippen LogP contribution in [0.3, 0.4) is 0 Å². The zero-order valence-electron chi connectivity index (χ0n) is 13.4. The zero-order chi connectivity index (χ0) is 16.7. The van der Waals surface area contributed by atoms with E-state index < -0.39 is 5.97 Å². The first-order valence-corrected chi connectivity index (χ1v) is 7.88. The fraction of sp³-hybridized carbons (Fsp3) is 0.562. The van der Waals surface area contributed by atoms with Crippen LogP contribution >= 0.6 is 0 Å². The van der Waals surface area contributed by atoms with Gasteiger partial charge in [0.1, 0.15) is 0 Å². The molecule has 7 nitrogen and oxygen atoms in total. The van der Waals surface area contributed by atoms with Crippen LogP contribution in [0.15, 0.2) is 18.2 Å². The highest BCUT2D eigenvalue weighted by Crippen LogP contribution is 2.28. The molecule has 0 amide bonds. The van der Waals surface area contributed by atoms with Gasteiger partial charge in [0.05, 0.1) is 26.6 Å². The van der Waals surface area contributed by atoms with Crippen LogP contribution in [-0.4, -0.2) is 48.1 Å². The molecule has 2 rings (SSSR count). The summed E-state index contributed by atoms with van der Waals surface area (Å²) < 4.78 is 5.13. The van der Waals surface area contributed by atoms with Crippen molar-refractivity contribution in [2.24, 2.45) is 0 Å². The molecule has 1 aliphatic rings. The van der Waals surface area contributed by atoms with Crippen molar-refractivity contribution < 1.29 is 19.7 Å². The van der Waals surface area contributed by atoms with E-state index in [0.29, 0.717) is 5.75 Å². The molecule has 0 atom stereocenters. The zero-order valence-corrected chi connectivity index (χ0v) is 13.4. The highest BCUT2D eigenvalue weighted by atomic mass is 16.5. The van der Waals surface area contributed by atoms with Gasteiger partial charge in [0, 0.05) is 13.0 Å². The third kappa shape index (κ3) is 5.38. The minimum Gasteiger partial charge on any atom is -0.504 e. The van der Waals surface area contributed by atoms with E-state index in [9.17, 15) is 9.90 Å². The molecule has 0 bridgehead atoms. The molecule has 4 N–H and O–H groups in total. The van der Waals surface area contributed by atoms with E-state index in [1.54, 1.807) is 6.07 Å². The van der Waals surface area contributed by atoms with Crippen LogP contribution in [0.5, 0.6) is 11.5 Å². The molecule has 1 aliphatic heterocycles. The summed E-state index contributed by atoms with van der Waals surface area (Å²) in [5.41, 5.74) is 1.01. The molecule has 1 fully saturated rings. The normalized spacial score (nSPS) is 16.4. The van der Waals surface area contributed by atoms with Crippen molar-refractivity contribution in [3.05, 3.63) is 23.8 Å². The number of carboxylic acid groups (broad SMARTS) is 1. The molecule has 1 aromatic rings. The van der Waals surface area contributed by atoms with Crippen molar-refractivity contribution in [1.82, 2.24) is 15.5 Å². The fourth-order valence-corrected chi connectivity index (χ4v) is 2.62. The Balaban J connectivity index is 1.72. The molecular formula is C16H25N3O4. The molecule has 23 heavy (non-hydrogen) atoms. The number of rotatable bonds is 8. The van der Waals surface area contributed by atoms with Crippen molar-refractivity contribution >= 4 is 5.97 Å². The fourth-order valence-electron chi connectivity index (χ4n) is 2.62. The Morgan fingerprint density at radius 2 is 2.04 bits per heavy atom. The highest BCUT2D eigenvalue weighted by molar-refractivity contribution is 5.66. The van der Waals surface area contributed by atoms with Crippen molar-refractivity contribution in [2.75, 3.05) is 27.0 Å². The maximum atomic E-state index is 10.4. The summed E-state index contributed by atoms with van der Waals surface area (Å²) in [4.78, 5) is 12.7. The van der Waals surface area contributed by atoms with Crippen LogP contribution in [-0.2, 0) is 4.79 Å². The standard InChI is InChI=1S/C16H25N3O4/c1-23-14-9-12(6-7-13(14)20)16-17-10-19(11-18-16)8-4-2-3-5-15(21)22/h6-7,9,16-18,20H,2-5,8,10-11H2,1H3,(H,21,22). The van der Waals surface area contributed by atoms with Gasteiger partial charge in [0.2, 0.25) is 0 Å². The van der Waals surface area contributed by atoms with E-state index >= 15 is 0 Å². The maximum Gasteiger partial charge on any atom is 0.303 e. The number of nitrogens with one attached hydrogen (secondary N) is 2. The molecule has 1 saturated heterocycles. The average Bonchev–Trinajstić information content (AvgIpc) is 2.55. The Morgan fingerprint density at radius 3 is 2.70 bits per heavy atom. The topological polar surface area (TPSA) is 94.1 Å². The number of hydrogen-bond acceptors (Lipinski definition) is 6. The van der Waals surface area contributed by atoms with E-state index in [1.165, 1.54) is 7.11 Å². The molecule has 1 heterocycles. The number of phenolic OH excluding ortho intramolecular Hbond substituents is 1. The van der Waals surface area contributed by atoms with Gasteiger partial charge in [-0.2, -0.15) is 0 Å². The van der Waals surface area contributed by atoms with Gasteiger partial charge in [-0.05, 0) is 30.5 Å². The Bertz CT molecular complexity index is 516. The quantitative estimate of drug-likeness (QED) is 0.538. The van der Waals surface area contributed by atoms with Gasteiger partial charge in [-0.3, -0.25) is 20.3 Å². The van der Waals surface area contributed by atoms with E-state index in [2.05, 4.69) is 15.5 Å². The molecular weight excluding hydrogens is 298 g/mol. The largest absolute Gasteiger partial charge is 0.504 e. The van der Waals surface area contributed by atoms with Crippen LogP contribution < -0.4 is 15.4 Å². The third-order valence-electron chi connectivity index (χ3n) is 3.94. The minimum absolute atomic E-state index is 0.0211. The van der Waals surface area contributed by atoms with Gasteiger partial charge in [-0.25, -0.2) is 0 Å². The molecule has 0 aromatic heterocycles. The van der Waals surface area contributed by atoms with Crippen LogP contribution in [0.25, 0.3) is 0 Å². The first kappa shape index (κ1) is 17.5. The maximum absolute atomic E-state index is 10.4. The summed E-state index contributed by atoms with van der Waals surface area (Å²) in [7, 11) is 1.53. The Kier molecular flexibility index (Phi) is 6.64. The monoisotopic (exact) mass is 323 g/mol. The summed E-state index contributed by atoms with van der Waals surface area (Å²) in [6, 6.07) is 5.32. The van der Waals surface area contributed by atoms with E-state index in [0.717, 1.165) is 44.7 Å². The number of benzene rings is 1. The lowest BCUT2D eigenvalue weighted by Crippen LogP contribution is -2.52. The molecule has 0 radical (unpaired) electrons. The second-order valence-corrected chi connectivity index (χ2v) is 5.69. The lowest BCUT2D eigenvalue weighted by atomic mass is 10.1. The molecule has 7 heteroatoms. The van der Waals surface area contributed by atoms with E-state index in [4.69, 9.17) is 9.84 Å². The molecule has 0 saturated carbocycles.